The highest BCUT2D eigenvalue weighted by molar-refractivity contribution is 7.10. The third kappa shape index (κ3) is 3.22. The number of benzene rings is 1. The van der Waals surface area contributed by atoms with Crippen molar-refractivity contribution in [3.63, 3.8) is 0 Å². The summed E-state index contributed by atoms with van der Waals surface area (Å²) < 4.78 is 5.50. The van der Waals surface area contributed by atoms with E-state index < -0.39 is 6.10 Å². The van der Waals surface area contributed by atoms with E-state index >= 15 is 0 Å². The minimum absolute atomic E-state index is 0.253. The van der Waals surface area contributed by atoms with E-state index in [1.807, 2.05) is 18.4 Å². The SMILES string of the molecule is Cc1ccsc1C(O)COc1ccc(Cl)cc1. The molecule has 0 spiro atoms. The van der Waals surface area contributed by atoms with Crippen molar-refractivity contribution in [2.75, 3.05) is 6.61 Å². The molecule has 1 aromatic carbocycles. The van der Waals surface area contributed by atoms with Crippen LogP contribution in [0.1, 0.15) is 16.5 Å². The lowest BCUT2D eigenvalue weighted by molar-refractivity contribution is 0.110. The standard InChI is InChI=1S/C13H13ClO2S/c1-9-6-7-17-13(9)12(15)8-16-11-4-2-10(14)3-5-11/h2-7,12,15H,8H2,1H3. The first-order valence-corrected chi connectivity index (χ1v) is 6.53. The van der Waals surface area contributed by atoms with Crippen molar-refractivity contribution in [1.29, 1.82) is 0 Å². The largest absolute Gasteiger partial charge is 0.490 e. The van der Waals surface area contributed by atoms with Crippen LogP contribution in [0.25, 0.3) is 0 Å². The van der Waals surface area contributed by atoms with E-state index in [0.717, 1.165) is 10.4 Å². The lowest BCUT2D eigenvalue weighted by Crippen LogP contribution is -2.09. The molecular formula is C13H13ClO2S. The molecule has 90 valence electrons. The van der Waals surface area contributed by atoms with Crippen molar-refractivity contribution in [2.24, 2.45) is 0 Å². The molecular weight excluding hydrogens is 256 g/mol. The van der Waals surface area contributed by atoms with Crippen molar-refractivity contribution in [1.82, 2.24) is 0 Å². The monoisotopic (exact) mass is 268 g/mol. The summed E-state index contributed by atoms with van der Waals surface area (Å²) in [6, 6.07) is 9.09. The van der Waals surface area contributed by atoms with Gasteiger partial charge in [-0.15, -0.1) is 11.3 Å². The van der Waals surface area contributed by atoms with Crippen molar-refractivity contribution < 1.29 is 9.84 Å². The molecule has 0 saturated heterocycles. The zero-order valence-electron chi connectivity index (χ0n) is 9.39. The van der Waals surface area contributed by atoms with Crippen LogP contribution in [0.5, 0.6) is 5.75 Å². The Bertz CT molecular complexity index is 478. The van der Waals surface area contributed by atoms with Gasteiger partial charge in [0.15, 0.2) is 0 Å². The molecule has 1 N–H and O–H groups in total. The number of thiophene rings is 1. The molecule has 4 heteroatoms. The van der Waals surface area contributed by atoms with E-state index in [9.17, 15) is 5.11 Å². The van der Waals surface area contributed by atoms with Crippen LogP contribution in [0.4, 0.5) is 0 Å². The van der Waals surface area contributed by atoms with E-state index in [0.29, 0.717) is 10.8 Å². The van der Waals surface area contributed by atoms with Crippen molar-refractivity contribution in [3.8, 4) is 5.75 Å². The topological polar surface area (TPSA) is 29.5 Å². The van der Waals surface area contributed by atoms with E-state index in [4.69, 9.17) is 16.3 Å². The van der Waals surface area contributed by atoms with Crippen LogP contribution in [0.2, 0.25) is 5.02 Å². The van der Waals surface area contributed by atoms with Gasteiger partial charge in [0.1, 0.15) is 18.5 Å². The Balaban J connectivity index is 1.94. The van der Waals surface area contributed by atoms with Gasteiger partial charge in [-0.05, 0) is 48.2 Å². The Labute approximate surface area is 109 Å². The normalized spacial score (nSPS) is 12.4. The number of hydrogen-bond acceptors (Lipinski definition) is 3. The molecule has 0 radical (unpaired) electrons. The second kappa shape index (κ2) is 5.54. The van der Waals surface area contributed by atoms with Gasteiger partial charge in [0.2, 0.25) is 0 Å². The predicted molar refractivity (Wildman–Crippen MR) is 71.0 cm³/mol. The molecule has 0 bridgehead atoms. The predicted octanol–water partition coefficient (Wildman–Crippen LogP) is 3.82. The van der Waals surface area contributed by atoms with E-state index in [1.54, 1.807) is 35.6 Å². The van der Waals surface area contributed by atoms with E-state index in [1.165, 1.54) is 0 Å². The van der Waals surface area contributed by atoms with Gasteiger partial charge in [0, 0.05) is 9.90 Å². The van der Waals surface area contributed by atoms with Gasteiger partial charge in [-0.25, -0.2) is 0 Å². The highest BCUT2D eigenvalue weighted by Gasteiger charge is 2.12. The van der Waals surface area contributed by atoms with Crippen molar-refractivity contribution in [2.45, 2.75) is 13.0 Å². The molecule has 0 aliphatic carbocycles. The van der Waals surface area contributed by atoms with Crippen LogP contribution < -0.4 is 4.74 Å². The maximum atomic E-state index is 9.97. The van der Waals surface area contributed by atoms with Gasteiger partial charge in [0.05, 0.1) is 0 Å². The number of hydrogen-bond donors (Lipinski definition) is 1. The van der Waals surface area contributed by atoms with Crippen LogP contribution in [-0.2, 0) is 0 Å². The fourth-order valence-corrected chi connectivity index (χ4v) is 2.53. The van der Waals surface area contributed by atoms with Gasteiger partial charge in [-0.1, -0.05) is 11.6 Å². The van der Waals surface area contributed by atoms with Gasteiger partial charge in [-0.2, -0.15) is 0 Å². The first kappa shape index (κ1) is 12.4. The fraction of sp³-hybridized carbons (Fsp3) is 0.231. The highest BCUT2D eigenvalue weighted by atomic mass is 35.5. The third-order valence-corrected chi connectivity index (χ3v) is 3.80. The van der Waals surface area contributed by atoms with E-state index in [-0.39, 0.29) is 6.61 Å². The quantitative estimate of drug-likeness (QED) is 0.913. The van der Waals surface area contributed by atoms with Gasteiger partial charge >= 0.3 is 0 Å². The Morgan fingerprint density at radius 1 is 1.29 bits per heavy atom. The van der Waals surface area contributed by atoms with Crippen molar-refractivity contribution in [3.05, 3.63) is 51.2 Å². The molecule has 2 rings (SSSR count). The Morgan fingerprint density at radius 3 is 2.59 bits per heavy atom. The summed E-state index contributed by atoms with van der Waals surface area (Å²) >= 11 is 7.32. The third-order valence-electron chi connectivity index (χ3n) is 2.43. The maximum absolute atomic E-state index is 9.97. The zero-order chi connectivity index (χ0) is 12.3. The summed E-state index contributed by atoms with van der Waals surface area (Å²) in [6.07, 6.45) is -0.578. The zero-order valence-corrected chi connectivity index (χ0v) is 11.0. The molecule has 0 aliphatic heterocycles. The number of ether oxygens (including phenoxy) is 1. The summed E-state index contributed by atoms with van der Waals surface area (Å²) in [5, 5.41) is 12.6. The number of aliphatic hydroxyl groups is 1. The number of aliphatic hydroxyl groups excluding tert-OH is 1. The fourth-order valence-electron chi connectivity index (χ4n) is 1.51. The van der Waals surface area contributed by atoms with Gasteiger partial charge in [0.25, 0.3) is 0 Å². The molecule has 2 nitrogen and oxygen atoms in total. The van der Waals surface area contributed by atoms with Crippen LogP contribution >= 0.6 is 22.9 Å². The smallest absolute Gasteiger partial charge is 0.122 e. The summed E-state index contributed by atoms with van der Waals surface area (Å²) in [5.41, 5.74) is 1.10. The first-order valence-electron chi connectivity index (χ1n) is 5.27. The van der Waals surface area contributed by atoms with Gasteiger partial charge in [-0.3, -0.25) is 0 Å². The number of rotatable bonds is 4. The summed E-state index contributed by atoms with van der Waals surface area (Å²) in [7, 11) is 0. The molecule has 1 atom stereocenters. The number of halogens is 1. The lowest BCUT2D eigenvalue weighted by Gasteiger charge is -2.12. The Hall–Kier alpha value is -1.03. The maximum Gasteiger partial charge on any atom is 0.122 e. The molecule has 0 fully saturated rings. The van der Waals surface area contributed by atoms with Crippen LogP contribution in [0.15, 0.2) is 35.7 Å². The van der Waals surface area contributed by atoms with Crippen molar-refractivity contribution >= 4 is 22.9 Å². The molecule has 0 aliphatic rings. The Kier molecular flexibility index (Phi) is 4.05. The summed E-state index contributed by atoms with van der Waals surface area (Å²) in [5.74, 6) is 0.711. The average molecular weight is 269 g/mol. The average Bonchev–Trinajstić information content (AvgIpc) is 2.74. The second-order valence-corrected chi connectivity index (χ2v) is 5.13. The summed E-state index contributed by atoms with van der Waals surface area (Å²) in [6.45, 7) is 2.24. The number of aryl methyl sites for hydroxylation is 1. The molecule has 1 unspecified atom stereocenters. The molecule has 17 heavy (non-hydrogen) atoms. The van der Waals surface area contributed by atoms with E-state index in [2.05, 4.69) is 0 Å². The first-order chi connectivity index (χ1) is 8.16. The van der Waals surface area contributed by atoms with Crippen LogP contribution in [0.3, 0.4) is 0 Å². The lowest BCUT2D eigenvalue weighted by atomic mass is 10.2. The van der Waals surface area contributed by atoms with Crippen LogP contribution in [-0.4, -0.2) is 11.7 Å². The van der Waals surface area contributed by atoms with Crippen LogP contribution in [0, 0.1) is 6.92 Å². The summed E-state index contributed by atoms with van der Waals surface area (Å²) in [4.78, 5) is 0.957. The molecule has 1 aromatic heterocycles. The molecule has 1 heterocycles. The molecule has 2 aromatic rings. The Morgan fingerprint density at radius 2 is 2.00 bits per heavy atom. The second-order valence-electron chi connectivity index (χ2n) is 3.75. The minimum Gasteiger partial charge on any atom is -0.490 e. The molecule has 0 amide bonds. The highest BCUT2D eigenvalue weighted by Crippen LogP contribution is 2.25. The van der Waals surface area contributed by atoms with Gasteiger partial charge < -0.3 is 9.84 Å². The molecule has 0 saturated carbocycles. The minimum atomic E-state index is -0.578.